The SMILES string of the molecule is CC(C)(C)CCCCC/C(=C\I)c1ccccc1.CC(C)(C)CCCCC/C(=C\[Si](C)(C)C)c1ccccc1. The van der Waals surface area contributed by atoms with Crippen molar-refractivity contribution >= 4 is 41.8 Å². The Labute approximate surface area is 258 Å². The van der Waals surface area contributed by atoms with E-state index in [2.05, 4.69) is 154 Å². The largest absolute Gasteiger partial charge is 0.0913 e. The minimum atomic E-state index is -1.16. The van der Waals surface area contributed by atoms with Gasteiger partial charge in [-0.2, -0.15) is 0 Å². The molecule has 0 fully saturated rings. The first kappa shape index (κ1) is 35.9. The molecule has 218 valence electrons. The molecule has 0 saturated heterocycles. The number of allylic oxidation sites excluding steroid dienone is 2. The zero-order chi connectivity index (χ0) is 29.4. The van der Waals surface area contributed by atoms with Crippen LogP contribution in [0.2, 0.25) is 19.6 Å². The summed E-state index contributed by atoms with van der Waals surface area (Å²) >= 11 is 2.36. The predicted octanol–water partition coefficient (Wildman–Crippen LogP) is 13.4. The van der Waals surface area contributed by atoms with Crippen LogP contribution in [0.5, 0.6) is 0 Å². The first-order valence-corrected chi connectivity index (χ1v) is 20.1. The predicted molar refractivity (Wildman–Crippen MR) is 191 cm³/mol. The minimum Gasteiger partial charge on any atom is -0.0913 e. The number of benzene rings is 2. The third-order valence-electron chi connectivity index (χ3n) is 6.77. The standard InChI is InChI=1S/C20H34Si.C17H25I/c1-20(2,3)16-12-8-11-15-19(17-21(4,5)6)18-13-9-7-10-14-18;1-17(2,3)13-9-5-8-12-16(14-18)15-10-6-4-7-11-15/h7,9-10,13-14,17H,8,11-12,15-16H2,1-6H3;4,6-7,10-11,14H,5,8-9,12-13H2,1-3H3/b19-17+;16-14+. The van der Waals surface area contributed by atoms with E-state index in [0.29, 0.717) is 10.8 Å². The lowest BCUT2D eigenvalue weighted by atomic mass is 9.89. The summed E-state index contributed by atoms with van der Waals surface area (Å²) in [5, 5.41) is 0. The topological polar surface area (TPSA) is 0 Å². The molecule has 0 heterocycles. The lowest BCUT2D eigenvalue weighted by Crippen LogP contribution is -2.16. The molecular weight excluding hydrogens is 599 g/mol. The third-order valence-corrected chi connectivity index (χ3v) is 8.74. The molecule has 0 amide bonds. The van der Waals surface area contributed by atoms with Crippen molar-refractivity contribution in [3.63, 3.8) is 0 Å². The summed E-state index contributed by atoms with van der Waals surface area (Å²) < 4.78 is 2.23. The van der Waals surface area contributed by atoms with Crippen molar-refractivity contribution < 1.29 is 0 Å². The van der Waals surface area contributed by atoms with E-state index in [4.69, 9.17) is 0 Å². The number of unbranched alkanes of at least 4 members (excludes halogenated alkanes) is 4. The van der Waals surface area contributed by atoms with Crippen LogP contribution in [0.15, 0.2) is 70.4 Å². The van der Waals surface area contributed by atoms with Gasteiger partial charge in [0.15, 0.2) is 0 Å². The molecule has 0 spiro atoms. The van der Waals surface area contributed by atoms with Gasteiger partial charge in [-0.25, -0.2) is 0 Å². The van der Waals surface area contributed by atoms with Gasteiger partial charge in [-0.1, -0.05) is 176 Å². The molecule has 0 aliphatic rings. The molecule has 0 N–H and O–H groups in total. The Hall–Kier alpha value is -1.13. The van der Waals surface area contributed by atoms with E-state index >= 15 is 0 Å². The summed E-state index contributed by atoms with van der Waals surface area (Å²) in [5.74, 6) is 0. The Morgan fingerprint density at radius 2 is 0.974 bits per heavy atom. The lowest BCUT2D eigenvalue weighted by molar-refractivity contribution is 0.358. The molecule has 2 aromatic rings. The molecule has 0 atom stereocenters. The van der Waals surface area contributed by atoms with Crippen molar-refractivity contribution in [1.29, 1.82) is 0 Å². The summed E-state index contributed by atoms with van der Waals surface area (Å²) in [6.07, 6.45) is 13.2. The first-order chi connectivity index (χ1) is 18.2. The van der Waals surface area contributed by atoms with Gasteiger partial charge in [0.1, 0.15) is 0 Å². The summed E-state index contributed by atoms with van der Waals surface area (Å²) in [7, 11) is -1.16. The highest BCUT2D eigenvalue weighted by molar-refractivity contribution is 14.1. The quantitative estimate of drug-likeness (QED) is 0.114. The molecule has 0 aromatic heterocycles. The molecule has 0 unspecified atom stereocenters. The maximum Gasteiger partial charge on any atom is 0.0690 e. The number of rotatable bonds is 13. The average Bonchev–Trinajstić information content (AvgIpc) is 2.85. The van der Waals surface area contributed by atoms with Gasteiger partial charge in [-0.15, -0.1) is 0 Å². The normalized spacial score (nSPS) is 13.2. The van der Waals surface area contributed by atoms with E-state index in [-0.39, 0.29) is 0 Å². The average molecular weight is 659 g/mol. The highest BCUT2D eigenvalue weighted by atomic mass is 127. The zero-order valence-corrected chi connectivity index (χ0v) is 30.0. The van der Waals surface area contributed by atoms with E-state index in [1.54, 1.807) is 5.57 Å². The Morgan fingerprint density at radius 1 is 0.590 bits per heavy atom. The van der Waals surface area contributed by atoms with Crippen LogP contribution in [0.25, 0.3) is 11.1 Å². The molecule has 0 aliphatic carbocycles. The van der Waals surface area contributed by atoms with Crippen LogP contribution in [-0.2, 0) is 0 Å². The number of hydrogen-bond donors (Lipinski definition) is 0. The van der Waals surface area contributed by atoms with Crippen LogP contribution in [-0.4, -0.2) is 8.07 Å². The second-order valence-corrected chi connectivity index (χ2v) is 20.3. The van der Waals surface area contributed by atoms with Crippen molar-refractivity contribution in [2.75, 3.05) is 0 Å². The third kappa shape index (κ3) is 19.6. The van der Waals surface area contributed by atoms with Crippen LogP contribution in [0.1, 0.15) is 117 Å². The molecule has 39 heavy (non-hydrogen) atoms. The van der Waals surface area contributed by atoms with E-state index in [1.165, 1.54) is 80.9 Å². The molecule has 0 nitrogen and oxygen atoms in total. The minimum absolute atomic E-state index is 0.483. The summed E-state index contributed by atoms with van der Waals surface area (Å²) in [4.78, 5) is 0. The fourth-order valence-electron chi connectivity index (χ4n) is 4.68. The van der Waals surface area contributed by atoms with E-state index < -0.39 is 8.07 Å². The van der Waals surface area contributed by atoms with Crippen LogP contribution < -0.4 is 0 Å². The second-order valence-electron chi connectivity index (χ2n) is 14.6. The zero-order valence-electron chi connectivity index (χ0n) is 26.9. The van der Waals surface area contributed by atoms with Gasteiger partial charge in [0.25, 0.3) is 0 Å². The highest BCUT2D eigenvalue weighted by Gasteiger charge is 2.13. The van der Waals surface area contributed by atoms with Gasteiger partial charge in [0.2, 0.25) is 0 Å². The fraction of sp³-hybridized carbons (Fsp3) is 0.568. The second kappa shape index (κ2) is 18.3. The maximum atomic E-state index is 2.59. The summed E-state index contributed by atoms with van der Waals surface area (Å²) in [6.45, 7) is 21.3. The molecule has 0 saturated carbocycles. The van der Waals surface area contributed by atoms with Crippen molar-refractivity contribution in [3.8, 4) is 0 Å². The van der Waals surface area contributed by atoms with Crippen LogP contribution in [0.3, 0.4) is 0 Å². The molecule has 0 bridgehead atoms. The van der Waals surface area contributed by atoms with Crippen molar-refractivity contribution in [2.24, 2.45) is 10.8 Å². The number of hydrogen-bond acceptors (Lipinski definition) is 0. The Balaban J connectivity index is 0.000000395. The van der Waals surface area contributed by atoms with E-state index in [1.807, 2.05) is 0 Å². The fourth-order valence-corrected chi connectivity index (χ4v) is 6.71. The molecule has 2 rings (SSSR count). The maximum absolute atomic E-state index is 2.59. The van der Waals surface area contributed by atoms with E-state index in [9.17, 15) is 0 Å². The summed E-state index contributed by atoms with van der Waals surface area (Å²) in [6, 6.07) is 21.7. The Kier molecular flexibility index (Phi) is 16.9. The van der Waals surface area contributed by atoms with Gasteiger partial charge in [-0.05, 0) is 75.7 Å². The van der Waals surface area contributed by atoms with Gasteiger partial charge in [0.05, 0.1) is 8.07 Å². The lowest BCUT2D eigenvalue weighted by Gasteiger charge is -2.18. The van der Waals surface area contributed by atoms with Gasteiger partial charge in [0, 0.05) is 0 Å². The van der Waals surface area contributed by atoms with Gasteiger partial charge >= 0.3 is 0 Å². The van der Waals surface area contributed by atoms with Crippen molar-refractivity contribution in [2.45, 2.75) is 125 Å². The highest BCUT2D eigenvalue weighted by Crippen LogP contribution is 2.27. The van der Waals surface area contributed by atoms with Crippen LogP contribution in [0, 0.1) is 10.8 Å². The summed E-state index contributed by atoms with van der Waals surface area (Å²) in [5.41, 5.74) is 9.42. The molecule has 0 radical (unpaired) electrons. The Bertz CT molecular complexity index is 950. The van der Waals surface area contributed by atoms with E-state index in [0.717, 1.165) is 0 Å². The smallest absolute Gasteiger partial charge is 0.0690 e. The molecule has 0 aliphatic heterocycles. The van der Waals surface area contributed by atoms with Gasteiger partial charge < -0.3 is 0 Å². The first-order valence-electron chi connectivity index (χ1n) is 15.3. The molecule has 2 heteroatoms. The van der Waals surface area contributed by atoms with Gasteiger partial charge in [-0.3, -0.25) is 0 Å². The van der Waals surface area contributed by atoms with Crippen molar-refractivity contribution in [3.05, 3.63) is 81.6 Å². The molecular formula is C37H59ISi. The monoisotopic (exact) mass is 658 g/mol. The molecule has 2 aromatic carbocycles. The Morgan fingerprint density at radius 3 is 1.33 bits per heavy atom. The van der Waals surface area contributed by atoms with Crippen molar-refractivity contribution in [1.82, 2.24) is 0 Å². The van der Waals surface area contributed by atoms with Crippen LogP contribution >= 0.6 is 22.6 Å². The van der Waals surface area contributed by atoms with Crippen LogP contribution in [0.4, 0.5) is 0 Å². The number of halogens is 1.